The predicted molar refractivity (Wildman–Crippen MR) is 78.8 cm³/mol. The van der Waals surface area contributed by atoms with Crippen molar-refractivity contribution in [2.75, 3.05) is 26.7 Å². The monoisotopic (exact) mass is 294 g/mol. The molecule has 2 saturated heterocycles. The molecule has 2 bridgehead atoms. The summed E-state index contributed by atoms with van der Waals surface area (Å²) in [7, 11) is 1.55. The molecule has 0 aromatic heterocycles. The van der Waals surface area contributed by atoms with Crippen molar-refractivity contribution in [1.29, 1.82) is 0 Å². The highest BCUT2D eigenvalue weighted by atomic mass is 19.1. The Morgan fingerprint density at radius 1 is 1.38 bits per heavy atom. The molecule has 2 N–H and O–H groups in total. The summed E-state index contributed by atoms with van der Waals surface area (Å²) in [4.78, 5) is 2.39. The second-order valence-corrected chi connectivity index (χ2v) is 5.97. The van der Waals surface area contributed by atoms with Gasteiger partial charge < -0.3 is 15.2 Å². The van der Waals surface area contributed by atoms with Gasteiger partial charge in [-0.1, -0.05) is 6.07 Å². The van der Waals surface area contributed by atoms with Gasteiger partial charge in [-0.2, -0.15) is 0 Å². The molecule has 2 aliphatic rings. The average molecular weight is 294 g/mol. The molecule has 0 saturated carbocycles. The summed E-state index contributed by atoms with van der Waals surface area (Å²) in [5.41, 5.74) is 6.68. The Kier molecular flexibility index (Phi) is 4.42. The van der Waals surface area contributed by atoms with Crippen LogP contribution in [0.5, 0.6) is 5.75 Å². The van der Waals surface area contributed by atoms with Crippen LogP contribution in [-0.4, -0.2) is 43.9 Å². The topological polar surface area (TPSA) is 47.7 Å². The molecule has 2 aliphatic heterocycles. The van der Waals surface area contributed by atoms with E-state index in [4.69, 9.17) is 15.2 Å². The minimum atomic E-state index is -0.346. The zero-order valence-electron chi connectivity index (χ0n) is 12.4. The summed E-state index contributed by atoms with van der Waals surface area (Å²) < 4.78 is 25.0. The van der Waals surface area contributed by atoms with Crippen molar-refractivity contribution in [2.24, 2.45) is 5.73 Å². The third-order valence-corrected chi connectivity index (χ3v) is 4.48. The number of ether oxygens (including phenoxy) is 2. The van der Waals surface area contributed by atoms with E-state index < -0.39 is 0 Å². The van der Waals surface area contributed by atoms with Gasteiger partial charge in [0.1, 0.15) is 11.6 Å². The molecule has 2 fully saturated rings. The smallest absolute Gasteiger partial charge is 0.131 e. The van der Waals surface area contributed by atoms with Crippen LogP contribution in [-0.2, 0) is 4.74 Å². The zero-order valence-corrected chi connectivity index (χ0v) is 12.4. The van der Waals surface area contributed by atoms with Gasteiger partial charge in [0.15, 0.2) is 0 Å². The number of nitrogens with zero attached hydrogens (tertiary/aromatic N) is 1. The molecule has 3 atom stereocenters. The lowest BCUT2D eigenvalue weighted by Crippen LogP contribution is -2.43. The number of rotatable bonds is 5. The van der Waals surface area contributed by atoms with E-state index in [1.165, 1.54) is 6.07 Å². The van der Waals surface area contributed by atoms with Crippen LogP contribution in [0.2, 0.25) is 0 Å². The molecule has 0 radical (unpaired) electrons. The molecule has 5 heteroatoms. The number of likely N-dealkylation sites (tertiary alicyclic amines) is 1. The Morgan fingerprint density at radius 3 is 2.76 bits per heavy atom. The second kappa shape index (κ2) is 6.30. The first-order chi connectivity index (χ1) is 10.2. The standard InChI is InChI=1S/C16H23FN2O2/c1-20-15-4-2-3-13(17)16(15)14(18)7-8-19-9-11-5-6-12(10-19)21-11/h2-4,11-12,14H,5-10,18H2,1H3. The number of halogens is 1. The highest BCUT2D eigenvalue weighted by Gasteiger charge is 2.33. The van der Waals surface area contributed by atoms with E-state index in [1.54, 1.807) is 19.2 Å². The summed E-state index contributed by atoms with van der Waals surface area (Å²) in [6.45, 7) is 2.81. The van der Waals surface area contributed by atoms with E-state index in [2.05, 4.69) is 4.90 Å². The minimum absolute atomic E-state index is 0.288. The van der Waals surface area contributed by atoms with Crippen LogP contribution in [0.1, 0.15) is 30.9 Å². The summed E-state index contributed by atoms with van der Waals surface area (Å²) in [6, 6.07) is 4.49. The normalized spacial score (nSPS) is 26.8. The van der Waals surface area contributed by atoms with Crippen molar-refractivity contribution >= 4 is 0 Å². The van der Waals surface area contributed by atoms with Crippen molar-refractivity contribution in [1.82, 2.24) is 4.90 Å². The molecule has 116 valence electrons. The molecule has 1 aromatic rings. The number of hydrogen-bond donors (Lipinski definition) is 1. The highest BCUT2D eigenvalue weighted by molar-refractivity contribution is 5.37. The molecular formula is C16H23FN2O2. The fraction of sp³-hybridized carbons (Fsp3) is 0.625. The maximum absolute atomic E-state index is 14.0. The molecule has 0 amide bonds. The number of fused-ring (bicyclic) bond motifs is 2. The van der Waals surface area contributed by atoms with Crippen molar-refractivity contribution in [3.05, 3.63) is 29.6 Å². The molecule has 3 rings (SSSR count). The molecule has 4 nitrogen and oxygen atoms in total. The Bertz CT molecular complexity index is 485. The average Bonchev–Trinajstić information content (AvgIpc) is 2.83. The lowest BCUT2D eigenvalue weighted by molar-refractivity contribution is -0.0388. The van der Waals surface area contributed by atoms with E-state index in [1.807, 2.05) is 0 Å². The largest absolute Gasteiger partial charge is 0.496 e. The number of nitrogens with two attached hydrogens (primary N) is 1. The SMILES string of the molecule is COc1cccc(F)c1C(N)CCN1CC2CCC(C1)O2. The Balaban J connectivity index is 1.60. The van der Waals surface area contributed by atoms with Gasteiger partial charge in [-0.25, -0.2) is 4.39 Å². The van der Waals surface area contributed by atoms with Gasteiger partial charge >= 0.3 is 0 Å². The molecule has 2 heterocycles. The second-order valence-electron chi connectivity index (χ2n) is 5.97. The maximum atomic E-state index is 14.0. The van der Waals surface area contributed by atoms with Crippen LogP contribution in [0.15, 0.2) is 18.2 Å². The molecule has 3 unspecified atom stereocenters. The first-order valence-electron chi connectivity index (χ1n) is 7.63. The quantitative estimate of drug-likeness (QED) is 0.903. The van der Waals surface area contributed by atoms with Crippen LogP contribution in [0.25, 0.3) is 0 Å². The Labute approximate surface area is 125 Å². The molecular weight excluding hydrogens is 271 g/mol. The minimum Gasteiger partial charge on any atom is -0.496 e. The number of benzene rings is 1. The van der Waals surface area contributed by atoms with Gasteiger partial charge in [0.05, 0.1) is 19.3 Å². The van der Waals surface area contributed by atoms with Crippen LogP contribution in [0, 0.1) is 5.82 Å². The lowest BCUT2D eigenvalue weighted by Gasteiger charge is -2.32. The third kappa shape index (κ3) is 3.20. The fourth-order valence-electron chi connectivity index (χ4n) is 3.40. The Morgan fingerprint density at radius 2 is 2.10 bits per heavy atom. The predicted octanol–water partition coefficient (Wildman–Crippen LogP) is 2.09. The highest BCUT2D eigenvalue weighted by Crippen LogP contribution is 2.30. The maximum Gasteiger partial charge on any atom is 0.131 e. The number of morpholine rings is 1. The summed E-state index contributed by atoms with van der Waals surface area (Å²) in [5.74, 6) is 0.244. The molecule has 0 spiro atoms. The van der Waals surface area contributed by atoms with E-state index >= 15 is 0 Å². The fourth-order valence-corrected chi connectivity index (χ4v) is 3.40. The zero-order chi connectivity index (χ0) is 14.8. The van der Waals surface area contributed by atoms with Crippen LogP contribution >= 0.6 is 0 Å². The third-order valence-electron chi connectivity index (χ3n) is 4.48. The number of hydrogen-bond acceptors (Lipinski definition) is 4. The van der Waals surface area contributed by atoms with Crippen molar-refractivity contribution < 1.29 is 13.9 Å². The lowest BCUT2D eigenvalue weighted by atomic mass is 10.0. The summed E-state index contributed by atoms with van der Waals surface area (Å²) in [6.07, 6.45) is 3.80. The van der Waals surface area contributed by atoms with Crippen LogP contribution in [0.4, 0.5) is 4.39 Å². The van der Waals surface area contributed by atoms with Crippen molar-refractivity contribution in [3.63, 3.8) is 0 Å². The molecule has 0 aliphatic carbocycles. The van der Waals surface area contributed by atoms with E-state index in [9.17, 15) is 4.39 Å². The van der Waals surface area contributed by atoms with Gasteiger partial charge in [-0.3, -0.25) is 4.90 Å². The van der Waals surface area contributed by atoms with Gasteiger partial charge in [0.2, 0.25) is 0 Å². The van der Waals surface area contributed by atoms with Crippen molar-refractivity contribution in [3.8, 4) is 5.75 Å². The van der Waals surface area contributed by atoms with Crippen LogP contribution in [0.3, 0.4) is 0 Å². The van der Waals surface area contributed by atoms with E-state index in [0.717, 1.165) is 38.9 Å². The van der Waals surface area contributed by atoms with Gasteiger partial charge in [0.25, 0.3) is 0 Å². The summed E-state index contributed by atoms with van der Waals surface area (Å²) >= 11 is 0. The molecule has 21 heavy (non-hydrogen) atoms. The Hall–Kier alpha value is -1.17. The van der Waals surface area contributed by atoms with Gasteiger partial charge in [0, 0.05) is 31.2 Å². The first kappa shape index (κ1) is 14.8. The van der Waals surface area contributed by atoms with Gasteiger partial charge in [-0.15, -0.1) is 0 Å². The summed E-state index contributed by atoms with van der Waals surface area (Å²) in [5, 5.41) is 0. The van der Waals surface area contributed by atoms with Crippen molar-refractivity contribution in [2.45, 2.75) is 37.5 Å². The van der Waals surface area contributed by atoms with Crippen LogP contribution < -0.4 is 10.5 Å². The van der Waals surface area contributed by atoms with E-state index in [0.29, 0.717) is 23.5 Å². The van der Waals surface area contributed by atoms with E-state index in [-0.39, 0.29) is 11.9 Å². The van der Waals surface area contributed by atoms with Gasteiger partial charge in [-0.05, 0) is 31.4 Å². The molecule has 1 aromatic carbocycles. The number of methoxy groups -OCH3 is 1. The first-order valence-corrected chi connectivity index (χ1v) is 7.63.